The van der Waals surface area contributed by atoms with Gasteiger partial charge in [-0.05, 0) is 30.3 Å². The van der Waals surface area contributed by atoms with Crippen LogP contribution in [-0.2, 0) is 0 Å². The maximum Gasteiger partial charge on any atom is 0.573 e. The van der Waals surface area contributed by atoms with E-state index in [1.807, 2.05) is 0 Å². The summed E-state index contributed by atoms with van der Waals surface area (Å²) in [6.45, 7) is 0. The maximum absolute atomic E-state index is 12.0. The minimum absolute atomic E-state index is 0.0325. The first-order chi connectivity index (χ1) is 10.2. The van der Waals surface area contributed by atoms with Gasteiger partial charge in [-0.1, -0.05) is 11.6 Å². The fourth-order valence-corrected chi connectivity index (χ4v) is 1.69. The molecule has 2 rings (SSSR count). The Kier molecular flexibility index (Phi) is 4.36. The van der Waals surface area contributed by atoms with Crippen molar-refractivity contribution in [2.24, 2.45) is 0 Å². The molecule has 0 amide bonds. The van der Waals surface area contributed by atoms with Crippen molar-refractivity contribution in [3.63, 3.8) is 0 Å². The first kappa shape index (κ1) is 15.8. The first-order valence-corrected chi connectivity index (χ1v) is 6.06. The van der Waals surface area contributed by atoms with Gasteiger partial charge in [0.05, 0.1) is 4.92 Å². The van der Waals surface area contributed by atoms with Crippen molar-refractivity contribution >= 4 is 28.8 Å². The second kappa shape index (κ2) is 6.06. The highest BCUT2D eigenvalue weighted by Crippen LogP contribution is 2.29. The van der Waals surface area contributed by atoms with Crippen LogP contribution in [0.3, 0.4) is 0 Å². The van der Waals surface area contributed by atoms with Crippen LogP contribution in [0.15, 0.2) is 36.4 Å². The molecular weight excluding hydrogens is 327 g/mol. The molecule has 0 saturated carbocycles. The zero-order chi connectivity index (χ0) is 16.3. The molecule has 22 heavy (non-hydrogen) atoms. The highest BCUT2D eigenvalue weighted by atomic mass is 35.5. The summed E-state index contributed by atoms with van der Waals surface area (Å²) in [6, 6.07) is 7.06. The van der Waals surface area contributed by atoms with Crippen molar-refractivity contribution in [3.05, 3.63) is 51.7 Å². The highest BCUT2D eigenvalue weighted by molar-refractivity contribution is 6.29. The molecule has 0 radical (unpaired) electrons. The molecule has 6 nitrogen and oxygen atoms in total. The number of alkyl halides is 3. The van der Waals surface area contributed by atoms with Gasteiger partial charge in [-0.25, -0.2) is 4.98 Å². The monoisotopic (exact) mass is 333 g/mol. The van der Waals surface area contributed by atoms with Crippen molar-refractivity contribution < 1.29 is 22.8 Å². The number of nitrogens with zero attached hydrogens (tertiary/aromatic N) is 2. The predicted molar refractivity (Wildman–Crippen MR) is 72.3 cm³/mol. The molecule has 0 fully saturated rings. The Balaban J connectivity index is 2.21. The highest BCUT2D eigenvalue weighted by Gasteiger charge is 2.31. The van der Waals surface area contributed by atoms with Crippen LogP contribution in [0.25, 0.3) is 0 Å². The maximum atomic E-state index is 12.0. The molecule has 0 saturated heterocycles. The molecular formula is C12H7ClF3N3O3. The molecule has 0 aliphatic heterocycles. The molecule has 1 aromatic carbocycles. The lowest BCUT2D eigenvalue weighted by Gasteiger charge is -2.10. The lowest BCUT2D eigenvalue weighted by atomic mass is 10.3. The van der Waals surface area contributed by atoms with Gasteiger partial charge in [0.25, 0.3) is 0 Å². The largest absolute Gasteiger partial charge is 0.573 e. The zero-order valence-electron chi connectivity index (χ0n) is 10.6. The van der Waals surface area contributed by atoms with E-state index >= 15 is 0 Å². The fraction of sp³-hybridized carbons (Fsp3) is 0.0833. The van der Waals surface area contributed by atoms with Crippen LogP contribution in [0.2, 0.25) is 5.15 Å². The number of rotatable bonds is 4. The van der Waals surface area contributed by atoms with Crippen LogP contribution in [0.1, 0.15) is 0 Å². The van der Waals surface area contributed by atoms with Gasteiger partial charge in [0.15, 0.2) is 0 Å². The molecule has 0 aliphatic carbocycles. The van der Waals surface area contributed by atoms with Gasteiger partial charge in [0.1, 0.15) is 10.9 Å². The van der Waals surface area contributed by atoms with Gasteiger partial charge in [-0.2, -0.15) is 0 Å². The minimum atomic E-state index is -4.79. The SMILES string of the molecule is O=[N+]([O-])c1ccc(Cl)nc1Nc1ccc(OC(F)(F)F)cc1. The molecule has 0 bridgehead atoms. The number of nitro groups is 1. The number of benzene rings is 1. The van der Waals surface area contributed by atoms with E-state index in [2.05, 4.69) is 15.0 Å². The summed E-state index contributed by atoms with van der Waals surface area (Å²) in [7, 11) is 0. The second-order valence-corrected chi connectivity index (χ2v) is 4.34. The van der Waals surface area contributed by atoms with E-state index in [0.717, 1.165) is 12.1 Å². The van der Waals surface area contributed by atoms with Crippen molar-refractivity contribution in [2.45, 2.75) is 6.36 Å². The van der Waals surface area contributed by atoms with Gasteiger partial charge in [0, 0.05) is 11.8 Å². The molecule has 116 valence electrons. The quantitative estimate of drug-likeness (QED) is 0.513. The standard InChI is InChI=1S/C12H7ClF3N3O3/c13-10-6-5-9(19(20)21)11(18-10)17-7-1-3-8(4-2-7)22-12(14,15)16/h1-6H,(H,17,18). The topological polar surface area (TPSA) is 77.3 Å². The molecule has 1 heterocycles. The van der Waals surface area contributed by atoms with Crippen LogP contribution in [0.4, 0.5) is 30.4 Å². The van der Waals surface area contributed by atoms with Gasteiger partial charge in [-0.3, -0.25) is 10.1 Å². The summed E-state index contributed by atoms with van der Waals surface area (Å²) in [5, 5.41) is 13.5. The Morgan fingerprint density at radius 1 is 1.18 bits per heavy atom. The van der Waals surface area contributed by atoms with E-state index in [4.69, 9.17) is 11.6 Å². The molecule has 1 aromatic heterocycles. The smallest absolute Gasteiger partial charge is 0.406 e. The van der Waals surface area contributed by atoms with Crippen LogP contribution < -0.4 is 10.1 Å². The number of halogens is 4. The van der Waals surface area contributed by atoms with E-state index in [1.54, 1.807) is 0 Å². The third-order valence-corrected chi connectivity index (χ3v) is 2.60. The summed E-state index contributed by atoms with van der Waals surface area (Å²) in [6.07, 6.45) is -4.79. The van der Waals surface area contributed by atoms with Crippen LogP contribution in [0.5, 0.6) is 5.75 Å². The third kappa shape index (κ3) is 4.22. The zero-order valence-corrected chi connectivity index (χ0v) is 11.4. The molecule has 0 atom stereocenters. The Morgan fingerprint density at radius 2 is 1.82 bits per heavy atom. The Hall–Kier alpha value is -2.55. The number of ether oxygens (including phenoxy) is 1. The lowest BCUT2D eigenvalue weighted by Crippen LogP contribution is -2.17. The summed E-state index contributed by atoms with van der Waals surface area (Å²) in [5.41, 5.74) is -0.0348. The number of pyridine rings is 1. The summed E-state index contributed by atoms with van der Waals surface area (Å²) in [5.74, 6) is -0.534. The van der Waals surface area contributed by atoms with E-state index in [1.165, 1.54) is 24.3 Å². The van der Waals surface area contributed by atoms with Crippen LogP contribution in [0, 0.1) is 10.1 Å². The lowest BCUT2D eigenvalue weighted by molar-refractivity contribution is -0.384. The summed E-state index contributed by atoms with van der Waals surface area (Å²) in [4.78, 5) is 14.0. The van der Waals surface area contributed by atoms with E-state index in [-0.39, 0.29) is 22.3 Å². The predicted octanol–water partition coefficient (Wildman–Crippen LogP) is 4.29. The molecule has 0 unspecified atom stereocenters. The molecule has 10 heteroatoms. The van der Waals surface area contributed by atoms with Crippen molar-refractivity contribution in [2.75, 3.05) is 5.32 Å². The number of hydrogen-bond donors (Lipinski definition) is 1. The third-order valence-electron chi connectivity index (χ3n) is 2.39. The minimum Gasteiger partial charge on any atom is -0.406 e. The van der Waals surface area contributed by atoms with Crippen molar-refractivity contribution in [3.8, 4) is 5.75 Å². The number of hydrogen-bond acceptors (Lipinski definition) is 5. The van der Waals surface area contributed by atoms with E-state index in [0.29, 0.717) is 0 Å². The molecule has 1 N–H and O–H groups in total. The normalized spacial score (nSPS) is 11.1. The molecule has 0 spiro atoms. The molecule has 2 aromatic rings. The van der Waals surface area contributed by atoms with Gasteiger partial charge in [-0.15, -0.1) is 13.2 Å². The summed E-state index contributed by atoms with van der Waals surface area (Å²) >= 11 is 5.67. The van der Waals surface area contributed by atoms with Gasteiger partial charge >= 0.3 is 12.0 Å². The van der Waals surface area contributed by atoms with Gasteiger partial charge in [0.2, 0.25) is 5.82 Å². The number of nitrogens with one attached hydrogen (secondary N) is 1. The van der Waals surface area contributed by atoms with Crippen LogP contribution in [-0.4, -0.2) is 16.3 Å². The number of anilines is 2. The first-order valence-electron chi connectivity index (χ1n) is 5.68. The molecule has 0 aliphatic rings. The van der Waals surface area contributed by atoms with Crippen LogP contribution >= 0.6 is 11.6 Å². The van der Waals surface area contributed by atoms with Gasteiger partial charge < -0.3 is 10.1 Å². The Labute approximate surface area is 126 Å². The second-order valence-electron chi connectivity index (χ2n) is 3.96. The Morgan fingerprint density at radius 3 is 2.36 bits per heavy atom. The fourth-order valence-electron chi connectivity index (χ4n) is 1.54. The van der Waals surface area contributed by atoms with E-state index in [9.17, 15) is 23.3 Å². The van der Waals surface area contributed by atoms with Crippen molar-refractivity contribution in [1.82, 2.24) is 4.98 Å². The Bertz CT molecular complexity index is 692. The van der Waals surface area contributed by atoms with E-state index < -0.39 is 17.0 Å². The summed E-state index contributed by atoms with van der Waals surface area (Å²) < 4.78 is 39.8. The van der Waals surface area contributed by atoms with Crippen molar-refractivity contribution in [1.29, 1.82) is 0 Å². The average molecular weight is 334 g/mol. The number of aromatic nitrogens is 1. The average Bonchev–Trinajstić information content (AvgIpc) is 2.39.